The largest absolute Gasteiger partial charge is 0.488 e. The average molecular weight is 283 g/mol. The van der Waals surface area contributed by atoms with Crippen molar-refractivity contribution in [2.75, 3.05) is 13.2 Å². The molecule has 2 N–H and O–H groups in total. The molecule has 1 atom stereocenters. The molecule has 0 aromatic heterocycles. The van der Waals surface area contributed by atoms with E-state index in [0.717, 1.165) is 12.0 Å². The zero-order chi connectivity index (χ0) is 15.2. The fourth-order valence-electron chi connectivity index (χ4n) is 1.79. The number of hydrogen-bond acceptors (Lipinski definition) is 3. The van der Waals surface area contributed by atoms with Crippen molar-refractivity contribution in [3.05, 3.63) is 29.6 Å². The van der Waals surface area contributed by atoms with Crippen molar-refractivity contribution >= 4 is 0 Å². The van der Waals surface area contributed by atoms with Crippen LogP contribution < -0.4 is 10.5 Å². The van der Waals surface area contributed by atoms with Crippen LogP contribution in [0, 0.1) is 5.82 Å². The minimum atomic E-state index is -0.346. The Hall–Kier alpha value is -1.13. The number of ether oxygens (including phenoxy) is 2. The van der Waals surface area contributed by atoms with Crippen molar-refractivity contribution in [1.29, 1.82) is 0 Å². The van der Waals surface area contributed by atoms with Crippen molar-refractivity contribution in [2.45, 2.75) is 52.2 Å². The van der Waals surface area contributed by atoms with E-state index >= 15 is 0 Å². The summed E-state index contributed by atoms with van der Waals surface area (Å²) in [6.07, 6.45) is 1.47. The summed E-state index contributed by atoms with van der Waals surface area (Å²) < 4.78 is 25.0. The first kappa shape index (κ1) is 16.9. The number of benzene rings is 1. The van der Waals surface area contributed by atoms with E-state index < -0.39 is 0 Å². The molecule has 114 valence electrons. The van der Waals surface area contributed by atoms with Gasteiger partial charge in [0.05, 0.1) is 12.2 Å². The van der Waals surface area contributed by atoms with Crippen molar-refractivity contribution in [2.24, 2.45) is 5.73 Å². The first-order valence-corrected chi connectivity index (χ1v) is 7.13. The molecule has 0 aliphatic heterocycles. The molecule has 0 fully saturated rings. The van der Waals surface area contributed by atoms with Crippen LogP contribution in [0.4, 0.5) is 4.39 Å². The van der Waals surface area contributed by atoms with Gasteiger partial charge in [0.15, 0.2) is 11.6 Å². The van der Waals surface area contributed by atoms with E-state index in [1.54, 1.807) is 6.07 Å². The Morgan fingerprint density at radius 2 is 1.95 bits per heavy atom. The molecule has 1 rings (SSSR count). The maximum atomic E-state index is 13.9. The number of halogens is 1. The smallest absolute Gasteiger partial charge is 0.165 e. The van der Waals surface area contributed by atoms with Crippen LogP contribution in [-0.4, -0.2) is 24.9 Å². The molecule has 0 saturated heterocycles. The summed E-state index contributed by atoms with van der Waals surface area (Å²) >= 11 is 0. The van der Waals surface area contributed by atoms with Gasteiger partial charge in [-0.2, -0.15) is 0 Å². The van der Waals surface area contributed by atoms with Crippen LogP contribution >= 0.6 is 0 Å². The molecule has 1 aromatic carbocycles. The Morgan fingerprint density at radius 3 is 2.55 bits per heavy atom. The third-order valence-corrected chi connectivity index (χ3v) is 2.92. The van der Waals surface area contributed by atoms with Gasteiger partial charge in [-0.05, 0) is 45.2 Å². The molecule has 1 unspecified atom stereocenters. The fourth-order valence-corrected chi connectivity index (χ4v) is 1.79. The Bertz CT molecular complexity index is 415. The van der Waals surface area contributed by atoms with Gasteiger partial charge in [0.2, 0.25) is 0 Å². The molecule has 0 heterocycles. The summed E-state index contributed by atoms with van der Waals surface area (Å²) in [5.41, 5.74) is 6.53. The Balaban J connectivity index is 2.63. The van der Waals surface area contributed by atoms with E-state index in [1.807, 2.05) is 33.8 Å². The van der Waals surface area contributed by atoms with Gasteiger partial charge in [-0.25, -0.2) is 4.39 Å². The number of para-hydroxylation sites is 1. The van der Waals surface area contributed by atoms with Crippen LogP contribution in [-0.2, 0) is 11.2 Å². The van der Waals surface area contributed by atoms with E-state index in [2.05, 4.69) is 0 Å². The standard InChI is InChI=1S/C16H26FNO2/c1-5-13(18)11-12-7-6-8-14(17)15(12)19-9-10-20-16(2,3)4/h6-8,13H,5,9-11,18H2,1-4H3. The molecule has 0 saturated carbocycles. The third kappa shape index (κ3) is 5.88. The fraction of sp³-hybridized carbons (Fsp3) is 0.625. The third-order valence-electron chi connectivity index (χ3n) is 2.92. The van der Waals surface area contributed by atoms with Crippen LogP contribution in [0.15, 0.2) is 18.2 Å². The monoisotopic (exact) mass is 283 g/mol. The van der Waals surface area contributed by atoms with Crippen LogP contribution in [0.5, 0.6) is 5.75 Å². The molecule has 20 heavy (non-hydrogen) atoms. The highest BCUT2D eigenvalue weighted by Crippen LogP contribution is 2.24. The summed E-state index contributed by atoms with van der Waals surface area (Å²) in [6.45, 7) is 8.69. The highest BCUT2D eigenvalue weighted by molar-refractivity contribution is 5.35. The lowest BCUT2D eigenvalue weighted by Crippen LogP contribution is -2.24. The molecule has 0 aliphatic rings. The number of hydrogen-bond donors (Lipinski definition) is 1. The molecule has 0 bridgehead atoms. The lowest BCUT2D eigenvalue weighted by molar-refractivity contribution is -0.0167. The van der Waals surface area contributed by atoms with E-state index in [4.69, 9.17) is 15.2 Å². The molecule has 1 aromatic rings. The summed E-state index contributed by atoms with van der Waals surface area (Å²) in [7, 11) is 0. The highest BCUT2D eigenvalue weighted by atomic mass is 19.1. The maximum Gasteiger partial charge on any atom is 0.165 e. The predicted octanol–water partition coefficient (Wildman–Crippen LogP) is 3.30. The van der Waals surface area contributed by atoms with Crippen LogP contribution in [0.2, 0.25) is 0 Å². The second-order valence-corrected chi connectivity index (χ2v) is 5.91. The number of rotatable bonds is 7. The van der Waals surface area contributed by atoms with Gasteiger partial charge in [0, 0.05) is 6.04 Å². The summed E-state index contributed by atoms with van der Waals surface area (Å²) in [5, 5.41) is 0. The molecular formula is C16H26FNO2. The lowest BCUT2D eigenvalue weighted by Gasteiger charge is -2.20. The molecule has 0 spiro atoms. The zero-order valence-electron chi connectivity index (χ0n) is 12.9. The Labute approximate surface area is 121 Å². The van der Waals surface area contributed by atoms with Gasteiger partial charge >= 0.3 is 0 Å². The zero-order valence-corrected chi connectivity index (χ0v) is 12.9. The Morgan fingerprint density at radius 1 is 1.25 bits per heavy atom. The maximum absolute atomic E-state index is 13.9. The van der Waals surface area contributed by atoms with E-state index in [-0.39, 0.29) is 17.5 Å². The van der Waals surface area contributed by atoms with Gasteiger partial charge in [0.25, 0.3) is 0 Å². The van der Waals surface area contributed by atoms with Crippen molar-refractivity contribution in [1.82, 2.24) is 0 Å². The van der Waals surface area contributed by atoms with Crippen molar-refractivity contribution < 1.29 is 13.9 Å². The lowest BCUT2D eigenvalue weighted by atomic mass is 10.0. The summed E-state index contributed by atoms with van der Waals surface area (Å²) in [5.74, 6) is -0.0459. The van der Waals surface area contributed by atoms with Gasteiger partial charge in [0.1, 0.15) is 6.61 Å². The van der Waals surface area contributed by atoms with Crippen LogP contribution in [0.25, 0.3) is 0 Å². The molecular weight excluding hydrogens is 257 g/mol. The van der Waals surface area contributed by atoms with Gasteiger partial charge in [-0.1, -0.05) is 19.1 Å². The molecule has 0 radical (unpaired) electrons. The highest BCUT2D eigenvalue weighted by Gasteiger charge is 2.14. The van der Waals surface area contributed by atoms with Crippen molar-refractivity contribution in [3.63, 3.8) is 0 Å². The summed E-state index contributed by atoms with van der Waals surface area (Å²) in [4.78, 5) is 0. The van der Waals surface area contributed by atoms with Crippen molar-refractivity contribution in [3.8, 4) is 5.75 Å². The first-order chi connectivity index (χ1) is 9.33. The van der Waals surface area contributed by atoms with Gasteiger partial charge < -0.3 is 15.2 Å². The van der Waals surface area contributed by atoms with E-state index in [9.17, 15) is 4.39 Å². The quantitative estimate of drug-likeness (QED) is 0.781. The van der Waals surface area contributed by atoms with E-state index in [1.165, 1.54) is 6.07 Å². The van der Waals surface area contributed by atoms with Gasteiger partial charge in [-0.15, -0.1) is 0 Å². The first-order valence-electron chi connectivity index (χ1n) is 7.13. The van der Waals surface area contributed by atoms with Crippen LogP contribution in [0.1, 0.15) is 39.7 Å². The summed E-state index contributed by atoms with van der Waals surface area (Å²) in [6, 6.07) is 4.97. The minimum absolute atomic E-state index is 0.0185. The normalized spacial score (nSPS) is 13.3. The SMILES string of the molecule is CCC(N)Cc1cccc(F)c1OCCOC(C)(C)C. The predicted molar refractivity (Wildman–Crippen MR) is 79.6 cm³/mol. The topological polar surface area (TPSA) is 44.5 Å². The molecule has 3 nitrogen and oxygen atoms in total. The van der Waals surface area contributed by atoms with Crippen LogP contribution in [0.3, 0.4) is 0 Å². The molecule has 0 amide bonds. The average Bonchev–Trinajstić information content (AvgIpc) is 2.35. The number of nitrogens with two attached hydrogens (primary N) is 1. The second-order valence-electron chi connectivity index (χ2n) is 5.91. The minimum Gasteiger partial charge on any atom is -0.488 e. The second kappa shape index (κ2) is 7.60. The van der Waals surface area contributed by atoms with Gasteiger partial charge in [-0.3, -0.25) is 0 Å². The molecule has 0 aliphatic carbocycles. The molecule has 4 heteroatoms. The van der Waals surface area contributed by atoms with E-state index in [0.29, 0.717) is 25.4 Å². The Kier molecular flexibility index (Phi) is 6.43.